The zero-order valence-corrected chi connectivity index (χ0v) is 21.2. The summed E-state index contributed by atoms with van der Waals surface area (Å²) in [6.45, 7) is 2.62. The second kappa shape index (κ2) is 11.2. The molecule has 3 aromatic carbocycles. The summed E-state index contributed by atoms with van der Waals surface area (Å²) in [5.41, 5.74) is 4.69. The number of aliphatic carboxylic acids is 1. The van der Waals surface area contributed by atoms with Gasteiger partial charge >= 0.3 is 5.97 Å². The fraction of sp³-hybridized carbons (Fsp3) is 0.355. The van der Waals surface area contributed by atoms with Gasteiger partial charge < -0.3 is 14.7 Å². The van der Waals surface area contributed by atoms with Crippen LogP contribution in [0.25, 0.3) is 0 Å². The van der Waals surface area contributed by atoms with E-state index in [1.807, 2.05) is 79.7 Å². The Labute approximate surface area is 218 Å². The number of carbonyl (C=O) groups excluding carboxylic acids is 1. The van der Waals surface area contributed by atoms with Crippen molar-refractivity contribution in [2.45, 2.75) is 70.3 Å². The van der Waals surface area contributed by atoms with Crippen molar-refractivity contribution in [1.82, 2.24) is 10.2 Å². The van der Waals surface area contributed by atoms with Crippen molar-refractivity contribution in [3.63, 3.8) is 0 Å². The maximum atomic E-state index is 14.0. The summed E-state index contributed by atoms with van der Waals surface area (Å²) in [7, 11) is 0. The smallest absolute Gasteiger partial charge is 0.326 e. The highest BCUT2D eigenvalue weighted by molar-refractivity contribution is 5.89. The molecule has 0 unspecified atom stereocenters. The molecule has 1 fully saturated rings. The first-order valence-corrected chi connectivity index (χ1v) is 13.1. The van der Waals surface area contributed by atoms with Crippen molar-refractivity contribution in [2.24, 2.45) is 0 Å². The van der Waals surface area contributed by atoms with Crippen LogP contribution in [0.3, 0.4) is 0 Å². The Balaban J connectivity index is 1.44. The SMILES string of the molecule is Cc1ccc2c(c1OCc1ccccc1)C[C@H](C(=O)O)N(C(=O)[C@@H](NC1CCCC1)c1ccccc1)C2. The topological polar surface area (TPSA) is 78.9 Å². The van der Waals surface area contributed by atoms with E-state index in [4.69, 9.17) is 4.74 Å². The van der Waals surface area contributed by atoms with Crippen LogP contribution in [0.5, 0.6) is 5.75 Å². The van der Waals surface area contributed by atoms with Crippen LogP contribution in [0, 0.1) is 6.92 Å². The number of benzene rings is 3. The molecule has 1 aliphatic heterocycles. The molecule has 2 atom stereocenters. The number of aryl methyl sites for hydroxylation is 1. The highest BCUT2D eigenvalue weighted by atomic mass is 16.5. The lowest BCUT2D eigenvalue weighted by molar-refractivity contribution is -0.152. The van der Waals surface area contributed by atoms with Crippen LogP contribution in [0.15, 0.2) is 72.8 Å². The molecule has 0 bridgehead atoms. The third-order valence-electron chi connectivity index (χ3n) is 7.60. The van der Waals surface area contributed by atoms with Gasteiger partial charge in [0.25, 0.3) is 0 Å². The standard InChI is InChI=1S/C31H34N2O4/c1-21-16-17-24-19-33(30(34)28(23-12-6-3-7-13-23)32-25-14-8-9-15-25)27(31(35)36)18-26(24)29(21)37-20-22-10-4-2-5-11-22/h2-7,10-13,16-17,25,27-28,32H,8-9,14-15,18-20H2,1H3,(H,35,36)/t27-,28+/m1/s1. The number of carboxylic acids is 1. The molecule has 6 heteroatoms. The fourth-order valence-electron chi connectivity index (χ4n) is 5.59. The van der Waals surface area contributed by atoms with E-state index in [1.165, 1.54) is 0 Å². The van der Waals surface area contributed by atoms with Crippen molar-refractivity contribution in [1.29, 1.82) is 0 Å². The maximum Gasteiger partial charge on any atom is 0.326 e. The molecule has 2 N–H and O–H groups in total. The number of carboxylic acid groups (broad SMARTS) is 1. The maximum absolute atomic E-state index is 14.0. The van der Waals surface area contributed by atoms with Crippen LogP contribution in [0.4, 0.5) is 0 Å². The number of hydrogen-bond acceptors (Lipinski definition) is 4. The molecule has 6 nitrogen and oxygen atoms in total. The Hall–Kier alpha value is -3.64. The van der Waals surface area contributed by atoms with Crippen molar-refractivity contribution in [3.8, 4) is 5.75 Å². The van der Waals surface area contributed by atoms with Gasteiger partial charge in [0.05, 0.1) is 0 Å². The first kappa shape index (κ1) is 25.0. The summed E-state index contributed by atoms with van der Waals surface area (Å²) >= 11 is 0. The molecule has 3 aromatic rings. The van der Waals surface area contributed by atoms with Gasteiger partial charge in [0.1, 0.15) is 24.4 Å². The van der Waals surface area contributed by atoms with E-state index in [0.717, 1.165) is 59.3 Å². The number of amides is 1. The molecule has 0 aromatic heterocycles. The van der Waals surface area contributed by atoms with Gasteiger partial charge in [-0.15, -0.1) is 0 Å². The van der Waals surface area contributed by atoms with E-state index in [-0.39, 0.29) is 24.9 Å². The van der Waals surface area contributed by atoms with Gasteiger partial charge in [-0.1, -0.05) is 85.6 Å². The van der Waals surface area contributed by atoms with Gasteiger partial charge in [-0.3, -0.25) is 10.1 Å². The van der Waals surface area contributed by atoms with Gasteiger partial charge in [0.15, 0.2) is 0 Å². The molecule has 1 heterocycles. The fourth-order valence-corrected chi connectivity index (χ4v) is 5.59. The minimum atomic E-state index is -0.998. The zero-order chi connectivity index (χ0) is 25.8. The minimum Gasteiger partial charge on any atom is -0.488 e. The van der Waals surface area contributed by atoms with Crippen molar-refractivity contribution in [3.05, 3.63) is 101 Å². The van der Waals surface area contributed by atoms with Crippen molar-refractivity contribution < 1.29 is 19.4 Å². The van der Waals surface area contributed by atoms with E-state index in [1.54, 1.807) is 4.90 Å². The lowest BCUT2D eigenvalue weighted by atomic mass is 9.90. The molecule has 5 rings (SSSR count). The zero-order valence-electron chi connectivity index (χ0n) is 21.2. The molecule has 192 valence electrons. The van der Waals surface area contributed by atoms with Crippen LogP contribution in [-0.2, 0) is 29.2 Å². The van der Waals surface area contributed by atoms with Crippen LogP contribution >= 0.6 is 0 Å². The number of ether oxygens (including phenoxy) is 1. The molecule has 1 saturated carbocycles. The Bertz CT molecular complexity index is 1240. The largest absolute Gasteiger partial charge is 0.488 e. The van der Waals surface area contributed by atoms with Gasteiger partial charge in [-0.2, -0.15) is 0 Å². The van der Waals surface area contributed by atoms with E-state index >= 15 is 0 Å². The predicted molar refractivity (Wildman–Crippen MR) is 142 cm³/mol. The number of rotatable bonds is 8. The van der Waals surface area contributed by atoms with E-state index in [0.29, 0.717) is 6.61 Å². The van der Waals surface area contributed by atoms with Crippen LogP contribution < -0.4 is 10.1 Å². The highest BCUT2D eigenvalue weighted by Crippen LogP contribution is 2.36. The minimum absolute atomic E-state index is 0.191. The molecular weight excluding hydrogens is 464 g/mol. The van der Waals surface area contributed by atoms with Crippen LogP contribution in [0.1, 0.15) is 59.5 Å². The van der Waals surface area contributed by atoms with E-state index in [9.17, 15) is 14.7 Å². The average Bonchev–Trinajstić information content (AvgIpc) is 3.44. The first-order chi connectivity index (χ1) is 18.0. The Morgan fingerprint density at radius 3 is 2.35 bits per heavy atom. The molecule has 1 aliphatic carbocycles. The second-order valence-corrected chi connectivity index (χ2v) is 10.1. The van der Waals surface area contributed by atoms with Crippen LogP contribution in [0.2, 0.25) is 0 Å². The van der Waals surface area contributed by atoms with Gasteiger partial charge in [-0.25, -0.2) is 4.79 Å². The predicted octanol–water partition coefficient (Wildman–Crippen LogP) is 5.19. The number of nitrogens with one attached hydrogen (secondary N) is 1. The molecule has 0 saturated heterocycles. The average molecular weight is 499 g/mol. The van der Waals surface area contributed by atoms with Gasteiger partial charge in [0, 0.05) is 24.6 Å². The lowest BCUT2D eigenvalue weighted by Gasteiger charge is -2.38. The second-order valence-electron chi connectivity index (χ2n) is 10.1. The van der Waals surface area contributed by atoms with Gasteiger partial charge in [0.2, 0.25) is 5.91 Å². The lowest BCUT2D eigenvalue weighted by Crippen LogP contribution is -2.53. The molecule has 2 aliphatic rings. The van der Waals surface area contributed by atoms with E-state index in [2.05, 4.69) is 5.32 Å². The number of nitrogens with zero attached hydrogens (tertiary/aromatic N) is 1. The summed E-state index contributed by atoms with van der Waals surface area (Å²) in [4.78, 5) is 28.1. The van der Waals surface area contributed by atoms with Crippen molar-refractivity contribution in [2.75, 3.05) is 0 Å². The third kappa shape index (κ3) is 5.54. The Morgan fingerprint density at radius 2 is 1.68 bits per heavy atom. The number of hydrogen-bond donors (Lipinski definition) is 2. The van der Waals surface area contributed by atoms with Gasteiger partial charge in [-0.05, 0) is 42.0 Å². The molecular formula is C31H34N2O4. The monoisotopic (exact) mass is 498 g/mol. The first-order valence-electron chi connectivity index (χ1n) is 13.1. The summed E-state index contributed by atoms with van der Waals surface area (Å²) < 4.78 is 6.24. The molecule has 0 radical (unpaired) electrons. The van der Waals surface area contributed by atoms with Crippen molar-refractivity contribution >= 4 is 11.9 Å². The number of fused-ring (bicyclic) bond motifs is 1. The molecule has 37 heavy (non-hydrogen) atoms. The van der Waals surface area contributed by atoms with E-state index < -0.39 is 18.1 Å². The molecule has 0 spiro atoms. The highest BCUT2D eigenvalue weighted by Gasteiger charge is 2.40. The Kier molecular flexibility index (Phi) is 7.56. The van der Waals surface area contributed by atoms with Crippen LogP contribution in [-0.4, -0.2) is 34.0 Å². The molecule has 1 amide bonds. The Morgan fingerprint density at radius 1 is 1.00 bits per heavy atom. The summed E-state index contributed by atoms with van der Waals surface area (Å²) in [6, 6.07) is 22.3. The quantitative estimate of drug-likeness (QED) is 0.447. The number of carbonyl (C=O) groups is 2. The summed E-state index contributed by atoms with van der Waals surface area (Å²) in [5, 5.41) is 13.8. The summed E-state index contributed by atoms with van der Waals surface area (Å²) in [6.07, 6.45) is 4.57. The third-order valence-corrected chi connectivity index (χ3v) is 7.60. The summed E-state index contributed by atoms with van der Waals surface area (Å²) in [5.74, 6) is -0.464. The normalized spacial score (nSPS) is 18.3.